The predicted octanol–water partition coefficient (Wildman–Crippen LogP) is 4.58. The van der Waals surface area contributed by atoms with Gasteiger partial charge in [-0.3, -0.25) is 13.9 Å². The van der Waals surface area contributed by atoms with Crippen molar-refractivity contribution in [2.45, 2.75) is 58.1 Å². The van der Waals surface area contributed by atoms with Gasteiger partial charge in [0.25, 0.3) is 10.0 Å². The number of amides is 2. The second-order valence-corrected chi connectivity index (χ2v) is 11.5. The Morgan fingerprint density at radius 2 is 1.47 bits per heavy atom. The zero-order valence-corrected chi connectivity index (χ0v) is 23.1. The highest BCUT2D eigenvalue weighted by Gasteiger charge is 2.32. The van der Waals surface area contributed by atoms with Gasteiger partial charge in [0.05, 0.1) is 10.6 Å². The molecule has 0 heterocycles. The number of anilines is 1. The zero-order chi connectivity index (χ0) is 28.0. The quantitative estimate of drug-likeness (QED) is 0.409. The van der Waals surface area contributed by atoms with Gasteiger partial charge in [-0.1, -0.05) is 36.4 Å². The van der Waals surface area contributed by atoms with Crippen molar-refractivity contribution in [3.63, 3.8) is 0 Å². The Morgan fingerprint density at radius 3 is 2.03 bits per heavy atom. The first kappa shape index (κ1) is 28.8. The Labute approximate surface area is 224 Å². The van der Waals surface area contributed by atoms with Gasteiger partial charge < -0.3 is 10.2 Å². The van der Waals surface area contributed by atoms with Gasteiger partial charge in [0, 0.05) is 12.6 Å². The minimum Gasteiger partial charge on any atom is -0.352 e. The fraction of sp³-hybridized carbons (Fsp3) is 0.310. The summed E-state index contributed by atoms with van der Waals surface area (Å²) < 4.78 is 42.2. The van der Waals surface area contributed by atoms with Gasteiger partial charge in [-0.25, -0.2) is 12.8 Å². The number of carbonyl (C=O) groups excluding carboxylic acids is 2. The highest BCUT2D eigenvalue weighted by Crippen LogP contribution is 2.26. The zero-order valence-electron chi connectivity index (χ0n) is 22.3. The summed E-state index contributed by atoms with van der Waals surface area (Å²) in [5.74, 6) is -1.37. The maximum Gasteiger partial charge on any atom is 0.264 e. The highest BCUT2D eigenvalue weighted by molar-refractivity contribution is 7.92. The molecule has 7 nitrogen and oxygen atoms in total. The van der Waals surface area contributed by atoms with Crippen LogP contribution in [0.4, 0.5) is 10.1 Å². The van der Waals surface area contributed by atoms with E-state index in [-0.39, 0.29) is 23.4 Å². The average Bonchev–Trinajstić information content (AvgIpc) is 2.85. The van der Waals surface area contributed by atoms with E-state index in [2.05, 4.69) is 5.32 Å². The smallest absolute Gasteiger partial charge is 0.264 e. The molecule has 0 aliphatic rings. The number of carbonyl (C=O) groups is 2. The Bertz CT molecular complexity index is 1360. The van der Waals surface area contributed by atoms with Crippen molar-refractivity contribution in [3.05, 3.63) is 95.3 Å². The molecular weight excluding hydrogens is 505 g/mol. The first-order valence-corrected chi connectivity index (χ1v) is 13.8. The fourth-order valence-corrected chi connectivity index (χ4v) is 5.54. The van der Waals surface area contributed by atoms with Gasteiger partial charge in [-0.2, -0.15) is 0 Å². The third-order valence-corrected chi connectivity index (χ3v) is 7.76. The number of sulfonamides is 1. The number of benzene rings is 3. The van der Waals surface area contributed by atoms with E-state index in [9.17, 15) is 22.4 Å². The number of rotatable bonds is 10. The van der Waals surface area contributed by atoms with E-state index in [4.69, 9.17) is 0 Å². The van der Waals surface area contributed by atoms with Crippen LogP contribution < -0.4 is 9.62 Å². The molecule has 3 aromatic rings. The molecule has 0 aliphatic carbocycles. The van der Waals surface area contributed by atoms with Crippen LogP contribution in [0.1, 0.15) is 37.5 Å². The van der Waals surface area contributed by atoms with Gasteiger partial charge in [-0.05, 0) is 87.7 Å². The van der Waals surface area contributed by atoms with Crippen LogP contribution >= 0.6 is 0 Å². The van der Waals surface area contributed by atoms with Crippen LogP contribution in [-0.2, 0) is 26.2 Å². The number of nitrogens with zero attached hydrogens (tertiary/aromatic N) is 2. The Morgan fingerprint density at radius 1 is 0.895 bits per heavy atom. The van der Waals surface area contributed by atoms with Crippen molar-refractivity contribution in [2.75, 3.05) is 10.8 Å². The van der Waals surface area contributed by atoms with Crippen molar-refractivity contribution in [1.82, 2.24) is 10.2 Å². The molecule has 0 aromatic heterocycles. The van der Waals surface area contributed by atoms with Crippen LogP contribution in [0.2, 0.25) is 0 Å². The third-order valence-electron chi connectivity index (χ3n) is 5.97. The summed E-state index contributed by atoms with van der Waals surface area (Å²) in [5.41, 5.74) is 2.63. The number of nitrogens with one attached hydrogen (secondary N) is 1. The van der Waals surface area contributed by atoms with E-state index in [1.54, 1.807) is 37.3 Å². The van der Waals surface area contributed by atoms with Crippen molar-refractivity contribution in [3.8, 4) is 0 Å². The van der Waals surface area contributed by atoms with Crippen LogP contribution in [0.5, 0.6) is 0 Å². The minimum absolute atomic E-state index is 0.00212. The standard InChI is InChI=1S/C29H34FN3O4S/c1-20(2)31-29(35)23(5)32(18-24-11-13-25(30)14-12-24)28(34)19-33(26-16-21(3)15-22(4)17-26)38(36,37)27-9-7-6-8-10-27/h6-17,20,23H,18-19H2,1-5H3,(H,31,35)/t23-/m1/s1. The third kappa shape index (κ3) is 7.19. The van der Waals surface area contributed by atoms with Gasteiger partial charge in [0.15, 0.2) is 0 Å². The summed E-state index contributed by atoms with van der Waals surface area (Å²) in [6, 6.07) is 17.8. The number of halogens is 1. The fourth-order valence-electron chi connectivity index (χ4n) is 4.12. The summed E-state index contributed by atoms with van der Waals surface area (Å²) in [6.45, 7) is 8.38. The van der Waals surface area contributed by atoms with E-state index >= 15 is 0 Å². The summed E-state index contributed by atoms with van der Waals surface area (Å²) in [6.07, 6.45) is 0. The summed E-state index contributed by atoms with van der Waals surface area (Å²) >= 11 is 0. The van der Waals surface area contributed by atoms with E-state index in [0.29, 0.717) is 11.3 Å². The first-order valence-electron chi connectivity index (χ1n) is 12.4. The normalized spacial score (nSPS) is 12.2. The molecular formula is C29H34FN3O4S. The molecule has 1 atom stereocenters. The van der Waals surface area contributed by atoms with Crippen LogP contribution in [-0.4, -0.2) is 43.8 Å². The first-order chi connectivity index (χ1) is 17.9. The molecule has 0 spiro atoms. The predicted molar refractivity (Wildman–Crippen MR) is 147 cm³/mol. The summed E-state index contributed by atoms with van der Waals surface area (Å²) in [4.78, 5) is 28.1. The Hall–Kier alpha value is -3.72. The molecule has 2 amide bonds. The molecule has 0 fully saturated rings. The van der Waals surface area contributed by atoms with Crippen LogP contribution in [0.15, 0.2) is 77.7 Å². The summed E-state index contributed by atoms with van der Waals surface area (Å²) in [7, 11) is -4.12. The SMILES string of the molecule is Cc1cc(C)cc(N(CC(=O)N(Cc2ccc(F)cc2)[C@H](C)C(=O)NC(C)C)S(=O)(=O)c2ccccc2)c1. The molecule has 0 bridgehead atoms. The highest BCUT2D eigenvalue weighted by atomic mass is 32.2. The monoisotopic (exact) mass is 539 g/mol. The second kappa shape index (κ2) is 12.2. The van der Waals surface area contributed by atoms with Crippen LogP contribution in [0, 0.1) is 19.7 Å². The van der Waals surface area contributed by atoms with Gasteiger partial charge >= 0.3 is 0 Å². The molecule has 3 rings (SSSR count). The lowest BCUT2D eigenvalue weighted by Gasteiger charge is -2.32. The maximum atomic E-state index is 13.8. The molecule has 3 aromatic carbocycles. The number of hydrogen-bond acceptors (Lipinski definition) is 4. The maximum absolute atomic E-state index is 13.8. The Kier molecular flexibility index (Phi) is 9.27. The molecule has 1 N–H and O–H groups in total. The summed E-state index contributed by atoms with van der Waals surface area (Å²) in [5, 5.41) is 2.80. The van der Waals surface area contributed by atoms with Gasteiger partial charge in [-0.15, -0.1) is 0 Å². The van der Waals surface area contributed by atoms with Crippen molar-refractivity contribution in [1.29, 1.82) is 0 Å². The molecule has 0 saturated carbocycles. The molecule has 202 valence electrons. The van der Waals surface area contributed by atoms with Crippen molar-refractivity contribution >= 4 is 27.5 Å². The molecule has 9 heteroatoms. The lowest BCUT2D eigenvalue weighted by molar-refractivity contribution is -0.139. The molecule has 0 saturated heterocycles. The molecule has 38 heavy (non-hydrogen) atoms. The van der Waals surface area contributed by atoms with E-state index in [1.165, 1.54) is 41.3 Å². The van der Waals surface area contributed by atoms with Crippen LogP contribution in [0.25, 0.3) is 0 Å². The van der Waals surface area contributed by atoms with E-state index in [0.717, 1.165) is 15.4 Å². The van der Waals surface area contributed by atoms with E-state index in [1.807, 2.05) is 33.8 Å². The largest absolute Gasteiger partial charge is 0.352 e. The van der Waals surface area contributed by atoms with Crippen LogP contribution in [0.3, 0.4) is 0 Å². The van der Waals surface area contributed by atoms with Crippen molar-refractivity contribution < 1.29 is 22.4 Å². The molecule has 0 aliphatic heterocycles. The number of aryl methyl sites for hydroxylation is 2. The minimum atomic E-state index is -4.12. The lowest BCUT2D eigenvalue weighted by Crippen LogP contribution is -2.52. The van der Waals surface area contributed by atoms with Gasteiger partial charge in [0.1, 0.15) is 18.4 Å². The van der Waals surface area contributed by atoms with Gasteiger partial charge in [0.2, 0.25) is 11.8 Å². The topological polar surface area (TPSA) is 86.8 Å². The molecule has 0 radical (unpaired) electrons. The molecule has 0 unspecified atom stereocenters. The lowest BCUT2D eigenvalue weighted by atomic mass is 10.1. The second-order valence-electron chi connectivity index (χ2n) is 9.66. The average molecular weight is 540 g/mol. The van der Waals surface area contributed by atoms with Crippen molar-refractivity contribution in [2.24, 2.45) is 0 Å². The number of hydrogen-bond donors (Lipinski definition) is 1. The van der Waals surface area contributed by atoms with E-state index < -0.39 is 34.3 Å². The Balaban J connectivity index is 2.05.